The minimum atomic E-state index is -4.24. The highest BCUT2D eigenvalue weighted by molar-refractivity contribution is 4.90. The molecule has 8 heteroatoms. The van der Waals surface area contributed by atoms with Crippen molar-refractivity contribution in [2.45, 2.75) is 19.3 Å². The molecular weight excluding hydrogens is 235 g/mol. The predicted octanol–water partition coefficient (Wildman–Crippen LogP) is 0.231. The van der Waals surface area contributed by atoms with Crippen molar-refractivity contribution >= 4 is 0 Å². The molecule has 0 saturated carbocycles. The third-order valence-electron chi connectivity index (χ3n) is 2.94. The zero-order valence-electron chi connectivity index (χ0n) is 9.19. The van der Waals surface area contributed by atoms with E-state index in [1.807, 2.05) is 4.57 Å². The summed E-state index contributed by atoms with van der Waals surface area (Å²) in [4.78, 5) is 1.72. The lowest BCUT2D eigenvalue weighted by molar-refractivity contribution is -0.177. The standard InChI is InChI=1S/C9H14F3N5/c10-9(11,12)7(3-13)4-16-1-2-17-6-14-15-8(17)5-16/h6-7H,1-5,13H2. The van der Waals surface area contributed by atoms with Crippen LogP contribution in [-0.2, 0) is 13.1 Å². The average molecular weight is 249 g/mol. The maximum atomic E-state index is 12.6. The van der Waals surface area contributed by atoms with Crippen LogP contribution in [0.25, 0.3) is 0 Å². The molecule has 2 heterocycles. The molecule has 1 aromatic rings. The van der Waals surface area contributed by atoms with Crippen LogP contribution < -0.4 is 5.73 Å². The van der Waals surface area contributed by atoms with Crippen LogP contribution >= 0.6 is 0 Å². The Balaban J connectivity index is 1.97. The van der Waals surface area contributed by atoms with Crippen LogP contribution in [0, 0.1) is 5.92 Å². The zero-order valence-corrected chi connectivity index (χ0v) is 9.19. The Bertz CT molecular complexity index is 375. The van der Waals surface area contributed by atoms with Crippen LogP contribution in [-0.4, -0.2) is 45.5 Å². The Morgan fingerprint density at radius 2 is 2.18 bits per heavy atom. The fraction of sp³-hybridized carbons (Fsp3) is 0.778. The molecule has 0 bridgehead atoms. The second-order valence-electron chi connectivity index (χ2n) is 4.15. The molecule has 5 nitrogen and oxygen atoms in total. The van der Waals surface area contributed by atoms with Crippen molar-refractivity contribution in [2.24, 2.45) is 11.7 Å². The average Bonchev–Trinajstić information content (AvgIpc) is 2.71. The van der Waals surface area contributed by atoms with Crippen LogP contribution in [0.2, 0.25) is 0 Å². The van der Waals surface area contributed by atoms with E-state index in [9.17, 15) is 13.2 Å². The van der Waals surface area contributed by atoms with Gasteiger partial charge in [0.2, 0.25) is 0 Å². The van der Waals surface area contributed by atoms with E-state index in [0.29, 0.717) is 25.5 Å². The highest BCUT2D eigenvalue weighted by atomic mass is 19.4. The second kappa shape index (κ2) is 4.61. The molecule has 17 heavy (non-hydrogen) atoms. The van der Waals surface area contributed by atoms with Gasteiger partial charge in [0.15, 0.2) is 0 Å². The highest BCUT2D eigenvalue weighted by Gasteiger charge is 2.39. The van der Waals surface area contributed by atoms with E-state index in [-0.39, 0.29) is 13.1 Å². The van der Waals surface area contributed by atoms with Gasteiger partial charge < -0.3 is 10.3 Å². The largest absolute Gasteiger partial charge is 0.394 e. The van der Waals surface area contributed by atoms with Gasteiger partial charge in [-0.25, -0.2) is 0 Å². The minimum absolute atomic E-state index is 0.0765. The van der Waals surface area contributed by atoms with Crippen LogP contribution in [0.1, 0.15) is 5.82 Å². The summed E-state index contributed by atoms with van der Waals surface area (Å²) in [5.41, 5.74) is 5.17. The van der Waals surface area contributed by atoms with Crippen LogP contribution in [0.5, 0.6) is 0 Å². The maximum absolute atomic E-state index is 12.6. The lowest BCUT2D eigenvalue weighted by atomic mass is 10.1. The molecule has 1 aromatic heterocycles. The molecule has 0 aliphatic carbocycles. The number of alkyl halides is 3. The molecule has 0 spiro atoms. The van der Waals surface area contributed by atoms with Gasteiger partial charge in [-0.15, -0.1) is 10.2 Å². The summed E-state index contributed by atoms with van der Waals surface area (Å²) in [5, 5.41) is 7.59. The third-order valence-corrected chi connectivity index (χ3v) is 2.94. The summed E-state index contributed by atoms with van der Waals surface area (Å²) in [6.07, 6.45) is -2.64. The van der Waals surface area contributed by atoms with Crippen LogP contribution in [0.4, 0.5) is 13.2 Å². The predicted molar refractivity (Wildman–Crippen MR) is 53.9 cm³/mol. The summed E-state index contributed by atoms with van der Waals surface area (Å²) in [6, 6.07) is 0. The lowest BCUT2D eigenvalue weighted by Gasteiger charge is -2.30. The normalized spacial score (nSPS) is 19.1. The Labute approximate surface area is 96.4 Å². The van der Waals surface area contributed by atoms with Gasteiger partial charge in [-0.05, 0) is 0 Å². The molecule has 96 valence electrons. The van der Waals surface area contributed by atoms with Crippen LogP contribution in [0.15, 0.2) is 6.33 Å². The SMILES string of the molecule is NCC(CN1CCn2cnnc2C1)C(F)(F)F. The molecular formula is C9H14F3N5. The minimum Gasteiger partial charge on any atom is -0.330 e. The first-order chi connectivity index (χ1) is 8.00. The Morgan fingerprint density at radius 1 is 1.41 bits per heavy atom. The summed E-state index contributed by atoms with van der Waals surface area (Å²) in [5.74, 6) is -0.772. The number of rotatable bonds is 3. The van der Waals surface area contributed by atoms with E-state index >= 15 is 0 Å². The summed E-state index contributed by atoms with van der Waals surface area (Å²) in [6.45, 7) is 1.13. The Kier molecular flexibility index (Phi) is 3.34. The van der Waals surface area contributed by atoms with Crippen molar-refractivity contribution in [2.75, 3.05) is 19.6 Å². The number of halogens is 3. The van der Waals surface area contributed by atoms with Crippen molar-refractivity contribution in [1.82, 2.24) is 19.7 Å². The molecule has 0 amide bonds. The summed E-state index contributed by atoms with van der Waals surface area (Å²) >= 11 is 0. The number of hydrogen-bond donors (Lipinski definition) is 1. The van der Waals surface area contributed by atoms with Gasteiger partial charge in [0, 0.05) is 26.2 Å². The quantitative estimate of drug-likeness (QED) is 0.833. The first-order valence-corrected chi connectivity index (χ1v) is 5.36. The van der Waals surface area contributed by atoms with E-state index in [0.717, 1.165) is 0 Å². The lowest BCUT2D eigenvalue weighted by Crippen LogP contribution is -2.43. The van der Waals surface area contributed by atoms with Crippen molar-refractivity contribution in [3.8, 4) is 0 Å². The van der Waals surface area contributed by atoms with E-state index in [1.54, 1.807) is 11.2 Å². The molecule has 1 aliphatic rings. The van der Waals surface area contributed by atoms with Crippen molar-refractivity contribution in [1.29, 1.82) is 0 Å². The molecule has 0 aromatic carbocycles. The topological polar surface area (TPSA) is 60.0 Å². The zero-order chi connectivity index (χ0) is 12.5. The molecule has 1 unspecified atom stereocenters. The van der Waals surface area contributed by atoms with Gasteiger partial charge in [0.05, 0.1) is 12.5 Å². The summed E-state index contributed by atoms with van der Waals surface area (Å²) in [7, 11) is 0. The summed E-state index contributed by atoms with van der Waals surface area (Å²) < 4.78 is 39.6. The first kappa shape index (κ1) is 12.3. The van der Waals surface area contributed by atoms with Gasteiger partial charge in [-0.1, -0.05) is 0 Å². The monoisotopic (exact) mass is 249 g/mol. The van der Waals surface area contributed by atoms with Crippen molar-refractivity contribution in [3.05, 3.63) is 12.2 Å². The number of fused-ring (bicyclic) bond motifs is 1. The van der Waals surface area contributed by atoms with Gasteiger partial charge >= 0.3 is 6.18 Å². The first-order valence-electron chi connectivity index (χ1n) is 5.36. The number of aromatic nitrogens is 3. The van der Waals surface area contributed by atoms with Crippen molar-refractivity contribution in [3.63, 3.8) is 0 Å². The molecule has 0 fully saturated rings. The van der Waals surface area contributed by atoms with E-state index in [4.69, 9.17) is 5.73 Å². The number of hydrogen-bond acceptors (Lipinski definition) is 4. The highest BCUT2D eigenvalue weighted by Crippen LogP contribution is 2.27. The molecule has 0 radical (unpaired) electrons. The second-order valence-corrected chi connectivity index (χ2v) is 4.15. The van der Waals surface area contributed by atoms with E-state index in [2.05, 4.69) is 10.2 Å². The number of nitrogens with two attached hydrogens (primary N) is 1. The van der Waals surface area contributed by atoms with E-state index < -0.39 is 12.1 Å². The molecule has 2 rings (SSSR count). The smallest absolute Gasteiger partial charge is 0.330 e. The van der Waals surface area contributed by atoms with E-state index in [1.165, 1.54) is 0 Å². The molecule has 1 atom stereocenters. The Morgan fingerprint density at radius 3 is 2.82 bits per heavy atom. The fourth-order valence-corrected chi connectivity index (χ4v) is 1.90. The van der Waals surface area contributed by atoms with Crippen LogP contribution in [0.3, 0.4) is 0 Å². The molecule has 2 N–H and O–H groups in total. The van der Waals surface area contributed by atoms with Gasteiger partial charge in [0.25, 0.3) is 0 Å². The molecule has 0 saturated heterocycles. The number of nitrogens with zero attached hydrogens (tertiary/aromatic N) is 4. The fourth-order valence-electron chi connectivity index (χ4n) is 1.90. The van der Waals surface area contributed by atoms with Crippen molar-refractivity contribution < 1.29 is 13.2 Å². The molecule has 1 aliphatic heterocycles. The van der Waals surface area contributed by atoms with Gasteiger partial charge in [-0.2, -0.15) is 13.2 Å². The van der Waals surface area contributed by atoms with Gasteiger partial charge in [-0.3, -0.25) is 4.90 Å². The Hall–Kier alpha value is -1.15. The van der Waals surface area contributed by atoms with Gasteiger partial charge in [0.1, 0.15) is 12.2 Å². The third kappa shape index (κ3) is 2.75. The maximum Gasteiger partial charge on any atom is 0.394 e.